The predicted molar refractivity (Wildman–Crippen MR) is 97.2 cm³/mol. The number of nitrogens with one attached hydrogen (secondary N) is 3. The maximum Gasteiger partial charge on any atom is 0.411 e. The fourth-order valence-electron chi connectivity index (χ4n) is 1.76. The molecule has 134 valence electrons. The summed E-state index contributed by atoms with van der Waals surface area (Å²) in [6.45, 7) is 10.6. The van der Waals surface area contributed by atoms with Gasteiger partial charge in [0.2, 0.25) is 5.91 Å². The number of benzene rings is 1. The van der Waals surface area contributed by atoms with Crippen molar-refractivity contribution in [2.24, 2.45) is 11.8 Å². The first kappa shape index (κ1) is 19.8. The van der Waals surface area contributed by atoms with E-state index in [1.54, 1.807) is 18.2 Å². The summed E-state index contributed by atoms with van der Waals surface area (Å²) < 4.78 is 5.08. The minimum atomic E-state index is -0.482. The third kappa shape index (κ3) is 7.85. The van der Waals surface area contributed by atoms with Gasteiger partial charge in [0.05, 0.1) is 13.2 Å². The highest BCUT2D eigenvalue weighted by molar-refractivity contribution is 5.86. The second-order valence-corrected chi connectivity index (χ2v) is 6.65. The van der Waals surface area contributed by atoms with Gasteiger partial charge in [-0.25, -0.2) is 4.79 Å². The zero-order chi connectivity index (χ0) is 18.1. The molecule has 0 saturated carbocycles. The maximum atomic E-state index is 11.9. The van der Waals surface area contributed by atoms with Crippen molar-refractivity contribution in [1.82, 2.24) is 5.32 Å². The lowest BCUT2D eigenvalue weighted by atomic mass is 10.1. The number of carbonyl (C=O) groups excluding carboxylic acids is 2. The average molecular weight is 335 g/mol. The largest absolute Gasteiger partial charge is 0.449 e. The molecule has 1 atom stereocenters. The van der Waals surface area contributed by atoms with E-state index in [0.717, 1.165) is 5.69 Å². The monoisotopic (exact) mass is 335 g/mol. The number of anilines is 2. The lowest BCUT2D eigenvalue weighted by molar-refractivity contribution is -0.120. The van der Waals surface area contributed by atoms with Crippen molar-refractivity contribution in [2.45, 2.75) is 40.7 Å². The summed E-state index contributed by atoms with van der Waals surface area (Å²) in [6.07, 6.45) is -0.482. The maximum absolute atomic E-state index is 11.9. The van der Waals surface area contributed by atoms with Gasteiger partial charge in [-0.2, -0.15) is 0 Å². The van der Waals surface area contributed by atoms with Crippen molar-refractivity contribution < 1.29 is 14.3 Å². The highest BCUT2D eigenvalue weighted by Gasteiger charge is 2.10. The van der Waals surface area contributed by atoms with Crippen molar-refractivity contribution in [2.75, 3.05) is 23.8 Å². The molecule has 0 aliphatic heterocycles. The molecule has 0 aromatic heterocycles. The number of rotatable bonds is 8. The lowest BCUT2D eigenvalue weighted by Gasteiger charge is -2.18. The minimum absolute atomic E-state index is 0.0640. The number of carbonyl (C=O) groups is 2. The first-order valence-electron chi connectivity index (χ1n) is 8.35. The molecule has 6 nitrogen and oxygen atoms in total. The molecule has 6 heteroatoms. The minimum Gasteiger partial charge on any atom is -0.449 e. The molecule has 0 aliphatic rings. The van der Waals surface area contributed by atoms with Crippen LogP contribution in [0.2, 0.25) is 0 Å². The smallest absolute Gasteiger partial charge is 0.411 e. The van der Waals surface area contributed by atoms with Gasteiger partial charge < -0.3 is 15.4 Å². The number of amides is 2. The molecule has 0 unspecified atom stereocenters. The van der Waals surface area contributed by atoms with E-state index >= 15 is 0 Å². The molecule has 24 heavy (non-hydrogen) atoms. The van der Waals surface area contributed by atoms with Crippen LogP contribution in [0.15, 0.2) is 24.3 Å². The van der Waals surface area contributed by atoms with E-state index in [2.05, 4.69) is 29.8 Å². The Morgan fingerprint density at radius 1 is 1.08 bits per heavy atom. The van der Waals surface area contributed by atoms with E-state index in [1.807, 2.05) is 26.8 Å². The van der Waals surface area contributed by atoms with Crippen LogP contribution in [0.5, 0.6) is 0 Å². The molecule has 1 aromatic carbocycles. The summed E-state index contributed by atoms with van der Waals surface area (Å²) in [5.74, 6) is 0.611. The normalized spacial score (nSPS) is 12.0. The number of hydrogen-bond acceptors (Lipinski definition) is 4. The summed E-state index contributed by atoms with van der Waals surface area (Å²) in [5.41, 5.74) is 1.37. The zero-order valence-electron chi connectivity index (χ0n) is 15.2. The number of hydrogen-bond donors (Lipinski definition) is 3. The molecule has 0 saturated heterocycles. The summed E-state index contributed by atoms with van der Waals surface area (Å²) >= 11 is 0. The van der Waals surface area contributed by atoms with E-state index in [0.29, 0.717) is 18.2 Å². The second-order valence-electron chi connectivity index (χ2n) is 6.65. The third-order valence-corrected chi connectivity index (χ3v) is 3.50. The van der Waals surface area contributed by atoms with Gasteiger partial charge in [-0.3, -0.25) is 10.1 Å². The Morgan fingerprint density at radius 2 is 1.75 bits per heavy atom. The molecule has 1 aromatic rings. The zero-order valence-corrected chi connectivity index (χ0v) is 15.2. The second kappa shape index (κ2) is 9.80. The van der Waals surface area contributed by atoms with Crippen LogP contribution in [-0.4, -0.2) is 31.2 Å². The standard InChI is InChI=1S/C18H29N3O3/c1-12(2)11-24-18(23)21-16-8-6-7-15(9-16)19-10-17(22)20-14(5)13(3)4/h6-9,12-14,19H,10-11H2,1-5H3,(H,20,22)(H,21,23)/t14-/m0/s1. The van der Waals surface area contributed by atoms with Crippen LogP contribution in [0.1, 0.15) is 34.6 Å². The first-order chi connectivity index (χ1) is 11.3. The van der Waals surface area contributed by atoms with Crippen molar-refractivity contribution in [3.8, 4) is 0 Å². The van der Waals surface area contributed by atoms with Crippen molar-refractivity contribution in [3.63, 3.8) is 0 Å². The summed E-state index contributed by atoms with van der Waals surface area (Å²) in [6, 6.07) is 7.29. The molecular formula is C18H29N3O3. The van der Waals surface area contributed by atoms with Crippen LogP contribution >= 0.6 is 0 Å². The Balaban J connectivity index is 2.47. The fourth-order valence-corrected chi connectivity index (χ4v) is 1.76. The van der Waals surface area contributed by atoms with Crippen LogP contribution in [0, 0.1) is 11.8 Å². The SMILES string of the molecule is CC(C)COC(=O)Nc1cccc(NCC(=O)N[C@@H](C)C(C)C)c1. The van der Waals surface area contributed by atoms with Crippen molar-refractivity contribution in [1.29, 1.82) is 0 Å². The van der Waals surface area contributed by atoms with Crippen LogP contribution in [0.25, 0.3) is 0 Å². The van der Waals surface area contributed by atoms with E-state index < -0.39 is 6.09 Å². The van der Waals surface area contributed by atoms with Crippen LogP contribution in [-0.2, 0) is 9.53 Å². The molecule has 2 amide bonds. The Kier molecular flexibility index (Phi) is 8.09. The van der Waals surface area contributed by atoms with E-state index in [4.69, 9.17) is 4.74 Å². The van der Waals surface area contributed by atoms with E-state index in [1.165, 1.54) is 0 Å². The predicted octanol–water partition coefficient (Wildman–Crippen LogP) is 3.46. The summed E-state index contributed by atoms with van der Waals surface area (Å²) in [5, 5.41) is 8.65. The number of ether oxygens (including phenoxy) is 1. The Hall–Kier alpha value is -2.24. The van der Waals surface area contributed by atoms with Gasteiger partial charge >= 0.3 is 6.09 Å². The van der Waals surface area contributed by atoms with E-state index in [9.17, 15) is 9.59 Å². The van der Waals surface area contributed by atoms with Gasteiger partial charge in [-0.05, 0) is 37.0 Å². The quantitative estimate of drug-likeness (QED) is 0.680. The topological polar surface area (TPSA) is 79.5 Å². The van der Waals surface area contributed by atoms with Crippen LogP contribution in [0.4, 0.5) is 16.2 Å². The van der Waals surface area contributed by atoms with Gasteiger partial charge in [-0.15, -0.1) is 0 Å². The molecular weight excluding hydrogens is 306 g/mol. The average Bonchev–Trinajstić information content (AvgIpc) is 2.51. The summed E-state index contributed by atoms with van der Waals surface area (Å²) in [7, 11) is 0. The van der Waals surface area contributed by atoms with Crippen LogP contribution in [0.3, 0.4) is 0 Å². The van der Waals surface area contributed by atoms with Crippen molar-refractivity contribution in [3.05, 3.63) is 24.3 Å². The molecule has 0 spiro atoms. The Labute approximate surface area is 144 Å². The molecule has 0 radical (unpaired) electrons. The van der Waals surface area contributed by atoms with Crippen molar-refractivity contribution >= 4 is 23.4 Å². The Morgan fingerprint density at radius 3 is 2.38 bits per heavy atom. The Bertz CT molecular complexity index is 544. The molecule has 0 bridgehead atoms. The van der Waals surface area contributed by atoms with Gasteiger partial charge in [0.15, 0.2) is 0 Å². The molecule has 0 fully saturated rings. The molecule has 1 rings (SSSR count). The van der Waals surface area contributed by atoms with E-state index in [-0.39, 0.29) is 24.4 Å². The van der Waals surface area contributed by atoms with Gasteiger partial charge in [0, 0.05) is 17.4 Å². The van der Waals surface area contributed by atoms with Gasteiger partial charge in [-0.1, -0.05) is 33.8 Å². The molecule has 0 aliphatic carbocycles. The van der Waals surface area contributed by atoms with Gasteiger partial charge in [0.1, 0.15) is 0 Å². The fraction of sp³-hybridized carbons (Fsp3) is 0.556. The van der Waals surface area contributed by atoms with Crippen LogP contribution < -0.4 is 16.0 Å². The third-order valence-electron chi connectivity index (χ3n) is 3.50. The highest BCUT2D eigenvalue weighted by Crippen LogP contribution is 2.15. The van der Waals surface area contributed by atoms with Gasteiger partial charge in [0.25, 0.3) is 0 Å². The summed E-state index contributed by atoms with van der Waals surface area (Å²) in [4.78, 5) is 23.5. The molecule has 3 N–H and O–H groups in total. The highest BCUT2D eigenvalue weighted by atomic mass is 16.5. The molecule has 0 heterocycles. The first-order valence-corrected chi connectivity index (χ1v) is 8.35. The lowest BCUT2D eigenvalue weighted by Crippen LogP contribution is -2.39.